The molecule has 1 amide bonds. The molecule has 2 aliphatic rings. The maximum absolute atomic E-state index is 12.4. The van der Waals surface area contributed by atoms with Crippen molar-refractivity contribution in [2.24, 2.45) is 5.92 Å². The third kappa shape index (κ3) is 4.15. The van der Waals surface area contributed by atoms with E-state index < -0.39 is 0 Å². The summed E-state index contributed by atoms with van der Waals surface area (Å²) in [5.74, 6) is 1.15. The van der Waals surface area contributed by atoms with Crippen LogP contribution < -0.4 is 5.32 Å². The van der Waals surface area contributed by atoms with Crippen molar-refractivity contribution in [3.05, 3.63) is 18.0 Å². The molecule has 22 heavy (non-hydrogen) atoms. The summed E-state index contributed by atoms with van der Waals surface area (Å²) in [5, 5.41) is 7.63. The SMILES string of the molecule is CCn1cc(C2CCN(C(=O)C3CCNC3)CC2)cn1.Cl.Cl. The normalized spacial score (nSPS) is 22.0. The van der Waals surface area contributed by atoms with Crippen molar-refractivity contribution in [3.63, 3.8) is 0 Å². The molecular formula is C15H26Cl2N4O. The Morgan fingerprint density at radius 2 is 2.05 bits per heavy atom. The molecule has 0 aromatic carbocycles. The predicted octanol–water partition coefficient (Wildman–Crippen LogP) is 2.06. The smallest absolute Gasteiger partial charge is 0.227 e. The number of halogens is 2. The van der Waals surface area contributed by atoms with E-state index in [1.807, 2.05) is 10.9 Å². The Bertz CT molecular complexity index is 466. The van der Waals surface area contributed by atoms with Crippen molar-refractivity contribution < 1.29 is 4.79 Å². The van der Waals surface area contributed by atoms with Gasteiger partial charge in [0.25, 0.3) is 0 Å². The van der Waals surface area contributed by atoms with Gasteiger partial charge in [0, 0.05) is 32.4 Å². The van der Waals surface area contributed by atoms with E-state index in [1.54, 1.807) is 0 Å². The van der Waals surface area contributed by atoms with E-state index in [4.69, 9.17) is 0 Å². The summed E-state index contributed by atoms with van der Waals surface area (Å²) in [6, 6.07) is 0. The minimum atomic E-state index is 0. The van der Waals surface area contributed by atoms with Gasteiger partial charge in [-0.2, -0.15) is 5.10 Å². The van der Waals surface area contributed by atoms with Crippen LogP contribution in [0, 0.1) is 5.92 Å². The number of aromatic nitrogens is 2. The van der Waals surface area contributed by atoms with Crippen molar-refractivity contribution in [3.8, 4) is 0 Å². The Labute approximate surface area is 144 Å². The predicted molar refractivity (Wildman–Crippen MR) is 91.9 cm³/mol. The van der Waals surface area contributed by atoms with Crippen LogP contribution in [-0.2, 0) is 11.3 Å². The lowest BCUT2D eigenvalue weighted by Crippen LogP contribution is -2.41. The van der Waals surface area contributed by atoms with Crippen LogP contribution >= 0.6 is 24.8 Å². The highest BCUT2D eigenvalue weighted by Gasteiger charge is 2.30. The van der Waals surface area contributed by atoms with Crippen LogP contribution in [0.3, 0.4) is 0 Å². The summed E-state index contributed by atoms with van der Waals surface area (Å²) in [4.78, 5) is 14.4. The van der Waals surface area contributed by atoms with Gasteiger partial charge in [0.15, 0.2) is 0 Å². The molecule has 0 radical (unpaired) electrons. The molecule has 7 heteroatoms. The highest BCUT2D eigenvalue weighted by molar-refractivity contribution is 5.85. The first-order valence-electron chi connectivity index (χ1n) is 7.79. The quantitative estimate of drug-likeness (QED) is 0.909. The first-order chi connectivity index (χ1) is 9.78. The highest BCUT2D eigenvalue weighted by atomic mass is 35.5. The zero-order chi connectivity index (χ0) is 13.9. The summed E-state index contributed by atoms with van der Waals surface area (Å²) in [6.45, 7) is 6.68. The fraction of sp³-hybridized carbons (Fsp3) is 0.733. The molecule has 0 saturated carbocycles. The number of nitrogens with zero attached hydrogens (tertiary/aromatic N) is 3. The Balaban J connectivity index is 0.00000121. The van der Waals surface area contributed by atoms with Crippen LogP contribution in [0.15, 0.2) is 12.4 Å². The average Bonchev–Trinajstić information content (AvgIpc) is 3.18. The number of piperidine rings is 1. The molecule has 1 unspecified atom stereocenters. The van der Waals surface area contributed by atoms with Gasteiger partial charge < -0.3 is 10.2 Å². The monoisotopic (exact) mass is 348 g/mol. The number of likely N-dealkylation sites (tertiary alicyclic amines) is 1. The number of aryl methyl sites for hydroxylation is 1. The average molecular weight is 349 g/mol. The molecule has 1 atom stereocenters. The number of carbonyl (C=O) groups is 1. The third-order valence-corrected chi connectivity index (χ3v) is 4.66. The first-order valence-corrected chi connectivity index (χ1v) is 7.79. The van der Waals surface area contributed by atoms with Gasteiger partial charge >= 0.3 is 0 Å². The number of carbonyl (C=O) groups excluding carboxylic acids is 1. The molecule has 2 saturated heterocycles. The van der Waals surface area contributed by atoms with Crippen molar-refractivity contribution in [1.29, 1.82) is 0 Å². The molecule has 2 aliphatic heterocycles. The maximum atomic E-state index is 12.4. The van der Waals surface area contributed by atoms with Crippen molar-refractivity contribution >= 4 is 30.7 Å². The maximum Gasteiger partial charge on any atom is 0.227 e. The van der Waals surface area contributed by atoms with Crippen LogP contribution in [0.1, 0.15) is 37.7 Å². The second kappa shape index (κ2) is 8.75. The molecule has 1 aromatic heterocycles. The van der Waals surface area contributed by atoms with Crippen LogP contribution in [-0.4, -0.2) is 46.8 Å². The van der Waals surface area contributed by atoms with Crippen molar-refractivity contribution in [1.82, 2.24) is 20.0 Å². The summed E-state index contributed by atoms with van der Waals surface area (Å²) in [7, 11) is 0. The molecule has 3 rings (SSSR count). The number of hydrogen-bond acceptors (Lipinski definition) is 3. The van der Waals surface area contributed by atoms with Gasteiger partial charge in [0.2, 0.25) is 5.91 Å². The van der Waals surface area contributed by atoms with Crippen molar-refractivity contribution in [2.75, 3.05) is 26.2 Å². The van der Waals surface area contributed by atoms with E-state index in [0.29, 0.717) is 11.8 Å². The molecule has 126 valence electrons. The Morgan fingerprint density at radius 3 is 2.59 bits per heavy atom. The highest BCUT2D eigenvalue weighted by Crippen LogP contribution is 2.28. The van der Waals surface area contributed by atoms with Gasteiger partial charge in [-0.3, -0.25) is 9.48 Å². The van der Waals surface area contributed by atoms with E-state index in [1.165, 1.54) is 5.56 Å². The minimum Gasteiger partial charge on any atom is -0.342 e. The van der Waals surface area contributed by atoms with Gasteiger partial charge in [-0.05, 0) is 44.2 Å². The van der Waals surface area contributed by atoms with Gasteiger partial charge in [-0.15, -0.1) is 24.8 Å². The van der Waals surface area contributed by atoms with Gasteiger partial charge in [0.1, 0.15) is 0 Å². The van der Waals surface area contributed by atoms with E-state index in [2.05, 4.69) is 28.4 Å². The number of nitrogens with one attached hydrogen (secondary N) is 1. The largest absolute Gasteiger partial charge is 0.342 e. The number of hydrogen-bond donors (Lipinski definition) is 1. The molecular weight excluding hydrogens is 323 g/mol. The van der Waals surface area contributed by atoms with E-state index in [9.17, 15) is 4.79 Å². The lowest BCUT2D eigenvalue weighted by molar-refractivity contribution is -0.136. The summed E-state index contributed by atoms with van der Waals surface area (Å²) >= 11 is 0. The Kier molecular flexibility index (Phi) is 7.66. The van der Waals surface area contributed by atoms with E-state index in [0.717, 1.165) is 52.0 Å². The first kappa shape index (κ1) is 19.3. The van der Waals surface area contributed by atoms with Crippen LogP contribution in [0.2, 0.25) is 0 Å². The lowest BCUT2D eigenvalue weighted by Gasteiger charge is -2.33. The minimum absolute atomic E-state index is 0. The third-order valence-electron chi connectivity index (χ3n) is 4.66. The molecule has 1 aromatic rings. The topological polar surface area (TPSA) is 50.2 Å². The second-order valence-corrected chi connectivity index (χ2v) is 5.92. The van der Waals surface area contributed by atoms with E-state index in [-0.39, 0.29) is 30.7 Å². The molecule has 0 bridgehead atoms. The fourth-order valence-electron chi connectivity index (χ4n) is 3.32. The number of amides is 1. The molecule has 0 aliphatic carbocycles. The van der Waals surface area contributed by atoms with Gasteiger partial charge in [0.05, 0.1) is 12.1 Å². The fourth-order valence-corrected chi connectivity index (χ4v) is 3.32. The van der Waals surface area contributed by atoms with E-state index >= 15 is 0 Å². The zero-order valence-corrected chi connectivity index (χ0v) is 14.7. The molecule has 3 heterocycles. The standard InChI is InChI=1S/C15H24N4O.2ClH/c1-2-19-11-14(10-17-19)12-4-7-18(8-5-12)15(20)13-3-6-16-9-13;;/h10-13,16H,2-9H2,1H3;2*1H. The van der Waals surface area contributed by atoms with Crippen LogP contribution in [0.4, 0.5) is 0 Å². The van der Waals surface area contributed by atoms with Gasteiger partial charge in [-0.1, -0.05) is 0 Å². The summed E-state index contributed by atoms with van der Waals surface area (Å²) in [5.41, 5.74) is 1.33. The van der Waals surface area contributed by atoms with Gasteiger partial charge in [-0.25, -0.2) is 0 Å². The Morgan fingerprint density at radius 1 is 1.32 bits per heavy atom. The summed E-state index contributed by atoms with van der Waals surface area (Å²) in [6.07, 6.45) is 7.29. The molecule has 5 nitrogen and oxygen atoms in total. The van der Waals surface area contributed by atoms with Crippen LogP contribution in [0.25, 0.3) is 0 Å². The second-order valence-electron chi connectivity index (χ2n) is 5.92. The van der Waals surface area contributed by atoms with Crippen molar-refractivity contribution in [2.45, 2.75) is 38.6 Å². The zero-order valence-electron chi connectivity index (χ0n) is 13.0. The van der Waals surface area contributed by atoms with Crippen LogP contribution in [0.5, 0.6) is 0 Å². The number of rotatable bonds is 3. The molecule has 1 N–H and O–H groups in total. The summed E-state index contributed by atoms with van der Waals surface area (Å²) < 4.78 is 1.98. The molecule has 0 spiro atoms. The Hall–Kier alpha value is -0.780. The molecule has 2 fully saturated rings. The lowest BCUT2D eigenvalue weighted by atomic mass is 9.91.